The third-order valence-electron chi connectivity index (χ3n) is 3.77. The van der Waals surface area contributed by atoms with Crippen molar-refractivity contribution in [1.29, 1.82) is 0 Å². The second-order valence-corrected chi connectivity index (χ2v) is 5.46. The van der Waals surface area contributed by atoms with Gasteiger partial charge >= 0.3 is 5.69 Å². The average Bonchev–Trinajstić information content (AvgIpc) is 2.54. The standard InChI is InChI=1S/C16H18F2N4O3/c1-3-4-8-22-13(19)12(14(23)20-16(22)25)21(2)15(24)11-9(17)6-5-7-10(11)18/h5-7H,3-4,8,19H2,1-2H3,(H,20,23,25). The highest BCUT2D eigenvalue weighted by atomic mass is 19.1. The lowest BCUT2D eigenvalue weighted by Gasteiger charge is -2.20. The molecule has 0 spiro atoms. The Morgan fingerprint density at radius 1 is 1.28 bits per heavy atom. The molecule has 0 saturated heterocycles. The minimum atomic E-state index is -1.09. The fourth-order valence-corrected chi connectivity index (χ4v) is 2.41. The van der Waals surface area contributed by atoms with Gasteiger partial charge in [-0.2, -0.15) is 0 Å². The van der Waals surface area contributed by atoms with Crippen LogP contribution in [0.25, 0.3) is 0 Å². The Morgan fingerprint density at radius 2 is 1.88 bits per heavy atom. The van der Waals surface area contributed by atoms with Crippen LogP contribution < -0.4 is 21.9 Å². The van der Waals surface area contributed by atoms with E-state index >= 15 is 0 Å². The predicted molar refractivity (Wildman–Crippen MR) is 89.7 cm³/mol. The van der Waals surface area contributed by atoms with Crippen LogP contribution in [0.5, 0.6) is 0 Å². The first-order chi connectivity index (χ1) is 11.8. The van der Waals surface area contributed by atoms with Crippen LogP contribution in [0.15, 0.2) is 27.8 Å². The Kier molecular flexibility index (Phi) is 5.35. The molecule has 0 radical (unpaired) electrons. The first-order valence-electron chi connectivity index (χ1n) is 7.64. The van der Waals surface area contributed by atoms with Crippen molar-refractivity contribution in [3.8, 4) is 0 Å². The van der Waals surface area contributed by atoms with Gasteiger partial charge in [0.1, 0.15) is 23.0 Å². The first-order valence-corrected chi connectivity index (χ1v) is 7.64. The molecule has 0 atom stereocenters. The van der Waals surface area contributed by atoms with E-state index in [0.717, 1.165) is 41.1 Å². The number of nitrogens with zero attached hydrogens (tertiary/aromatic N) is 2. The largest absolute Gasteiger partial charge is 0.383 e. The third kappa shape index (κ3) is 3.44. The summed E-state index contributed by atoms with van der Waals surface area (Å²) in [5, 5.41) is 0. The molecule has 2 rings (SSSR count). The number of nitrogen functional groups attached to an aromatic ring is 1. The summed E-state index contributed by atoms with van der Waals surface area (Å²) in [6, 6.07) is 2.98. The van der Waals surface area contributed by atoms with Gasteiger partial charge in [-0.15, -0.1) is 0 Å². The molecule has 0 aliphatic carbocycles. The van der Waals surface area contributed by atoms with Crippen molar-refractivity contribution < 1.29 is 13.6 Å². The molecule has 2 aromatic rings. The number of carbonyl (C=O) groups excluding carboxylic acids is 1. The van der Waals surface area contributed by atoms with E-state index in [-0.39, 0.29) is 18.1 Å². The number of hydrogen-bond donors (Lipinski definition) is 2. The van der Waals surface area contributed by atoms with Gasteiger partial charge in [-0.25, -0.2) is 13.6 Å². The second-order valence-electron chi connectivity index (χ2n) is 5.46. The van der Waals surface area contributed by atoms with Crippen LogP contribution in [0.4, 0.5) is 20.3 Å². The molecule has 1 aromatic heterocycles. The maximum absolute atomic E-state index is 13.8. The normalized spacial score (nSPS) is 10.7. The minimum Gasteiger partial charge on any atom is -0.383 e. The fourth-order valence-electron chi connectivity index (χ4n) is 2.41. The molecule has 0 saturated carbocycles. The summed E-state index contributed by atoms with van der Waals surface area (Å²) in [6.45, 7) is 2.14. The van der Waals surface area contributed by atoms with E-state index in [1.54, 1.807) is 0 Å². The van der Waals surface area contributed by atoms with Crippen molar-refractivity contribution in [2.45, 2.75) is 26.3 Å². The monoisotopic (exact) mass is 352 g/mol. The van der Waals surface area contributed by atoms with E-state index in [2.05, 4.69) is 4.98 Å². The van der Waals surface area contributed by atoms with Crippen LogP contribution >= 0.6 is 0 Å². The lowest BCUT2D eigenvalue weighted by Crippen LogP contribution is -2.39. The smallest absolute Gasteiger partial charge is 0.330 e. The average molecular weight is 352 g/mol. The lowest BCUT2D eigenvalue weighted by atomic mass is 10.1. The Hall–Kier alpha value is -2.97. The molecule has 9 heteroatoms. The Bertz CT molecular complexity index is 900. The SMILES string of the molecule is CCCCn1c(N)c(N(C)C(=O)c2c(F)cccc2F)c(=O)[nH]c1=O. The molecule has 0 aliphatic heterocycles. The number of unbranched alkanes of at least 4 members (excludes halogenated alkanes) is 1. The molecular weight excluding hydrogens is 334 g/mol. The lowest BCUT2D eigenvalue weighted by molar-refractivity contribution is 0.0984. The highest BCUT2D eigenvalue weighted by Crippen LogP contribution is 2.20. The molecule has 25 heavy (non-hydrogen) atoms. The van der Waals surface area contributed by atoms with Crippen molar-refractivity contribution in [2.75, 3.05) is 17.7 Å². The number of rotatable bonds is 5. The zero-order chi connectivity index (χ0) is 18.7. The minimum absolute atomic E-state index is 0.237. The van der Waals surface area contributed by atoms with Gasteiger partial charge in [0.2, 0.25) is 0 Å². The number of aromatic amines is 1. The van der Waals surface area contributed by atoms with Crippen LogP contribution in [-0.2, 0) is 6.54 Å². The van der Waals surface area contributed by atoms with Crippen molar-refractivity contribution in [3.63, 3.8) is 0 Å². The summed E-state index contributed by atoms with van der Waals surface area (Å²) >= 11 is 0. The van der Waals surface area contributed by atoms with Crippen LogP contribution in [0, 0.1) is 11.6 Å². The second kappa shape index (κ2) is 7.29. The Morgan fingerprint density at radius 3 is 2.44 bits per heavy atom. The Balaban J connectivity index is 2.56. The van der Waals surface area contributed by atoms with E-state index in [1.807, 2.05) is 6.92 Å². The van der Waals surface area contributed by atoms with E-state index in [0.29, 0.717) is 6.42 Å². The van der Waals surface area contributed by atoms with Gasteiger partial charge in [-0.1, -0.05) is 19.4 Å². The number of carbonyl (C=O) groups is 1. The van der Waals surface area contributed by atoms with Crippen LogP contribution in [-0.4, -0.2) is 22.5 Å². The van der Waals surface area contributed by atoms with Crippen molar-refractivity contribution in [3.05, 3.63) is 56.2 Å². The zero-order valence-electron chi connectivity index (χ0n) is 13.8. The molecule has 0 bridgehead atoms. The van der Waals surface area contributed by atoms with Crippen LogP contribution in [0.3, 0.4) is 0 Å². The molecule has 1 heterocycles. The fraction of sp³-hybridized carbons (Fsp3) is 0.312. The zero-order valence-corrected chi connectivity index (χ0v) is 13.8. The van der Waals surface area contributed by atoms with Crippen molar-refractivity contribution >= 4 is 17.4 Å². The molecule has 0 unspecified atom stereocenters. The van der Waals surface area contributed by atoms with E-state index < -0.39 is 34.4 Å². The van der Waals surface area contributed by atoms with E-state index in [1.165, 1.54) is 0 Å². The molecule has 3 N–H and O–H groups in total. The molecule has 134 valence electrons. The third-order valence-corrected chi connectivity index (χ3v) is 3.77. The number of benzene rings is 1. The highest BCUT2D eigenvalue weighted by Gasteiger charge is 2.26. The topological polar surface area (TPSA) is 101 Å². The van der Waals surface area contributed by atoms with Gasteiger partial charge in [0.15, 0.2) is 5.69 Å². The van der Waals surface area contributed by atoms with Gasteiger partial charge < -0.3 is 10.6 Å². The van der Waals surface area contributed by atoms with E-state index in [9.17, 15) is 23.2 Å². The molecule has 7 nitrogen and oxygen atoms in total. The molecule has 1 amide bonds. The van der Waals surface area contributed by atoms with Crippen LogP contribution in [0.1, 0.15) is 30.1 Å². The molecule has 0 aliphatic rings. The summed E-state index contributed by atoms with van der Waals surface area (Å²) in [4.78, 5) is 39.2. The first kappa shape index (κ1) is 18.4. The highest BCUT2D eigenvalue weighted by molar-refractivity contribution is 6.07. The molecule has 1 aromatic carbocycles. The number of amides is 1. The number of anilines is 2. The predicted octanol–water partition coefficient (Wildman–Crippen LogP) is 1.47. The van der Waals surface area contributed by atoms with Gasteiger partial charge in [0, 0.05) is 13.6 Å². The number of nitrogens with two attached hydrogens (primary N) is 1. The number of hydrogen-bond acceptors (Lipinski definition) is 4. The van der Waals surface area contributed by atoms with Crippen molar-refractivity contribution in [1.82, 2.24) is 9.55 Å². The Labute approximate surface area is 141 Å². The summed E-state index contributed by atoms with van der Waals surface area (Å²) in [5.41, 5.74) is 3.10. The summed E-state index contributed by atoms with van der Waals surface area (Å²) in [5.74, 6) is -3.46. The van der Waals surface area contributed by atoms with E-state index in [4.69, 9.17) is 5.73 Å². The van der Waals surface area contributed by atoms with Gasteiger partial charge in [-0.05, 0) is 18.6 Å². The van der Waals surface area contributed by atoms with Crippen LogP contribution in [0.2, 0.25) is 0 Å². The summed E-state index contributed by atoms with van der Waals surface area (Å²) < 4.78 is 28.8. The molecular formula is C16H18F2N4O3. The molecule has 0 fully saturated rings. The summed E-state index contributed by atoms with van der Waals surface area (Å²) in [7, 11) is 1.16. The number of halogens is 2. The quantitative estimate of drug-likeness (QED) is 0.851. The maximum Gasteiger partial charge on any atom is 0.330 e. The van der Waals surface area contributed by atoms with Crippen molar-refractivity contribution in [2.24, 2.45) is 0 Å². The maximum atomic E-state index is 13.8. The summed E-state index contributed by atoms with van der Waals surface area (Å²) in [6.07, 6.45) is 1.39. The number of H-pyrrole nitrogens is 1. The number of aromatic nitrogens is 2. The number of nitrogens with one attached hydrogen (secondary N) is 1. The van der Waals surface area contributed by atoms with Gasteiger partial charge in [-0.3, -0.25) is 19.1 Å². The van der Waals surface area contributed by atoms with Gasteiger partial charge in [0.25, 0.3) is 11.5 Å². The van der Waals surface area contributed by atoms with Gasteiger partial charge in [0.05, 0.1) is 0 Å².